The van der Waals surface area contributed by atoms with Gasteiger partial charge < -0.3 is 9.74 Å². The van der Waals surface area contributed by atoms with Crippen molar-refractivity contribution in [3.63, 3.8) is 0 Å². The monoisotopic (exact) mass is 489 g/mol. The summed E-state index contributed by atoms with van der Waals surface area (Å²) in [5.41, 5.74) is -3.72. The van der Waals surface area contributed by atoms with E-state index in [4.69, 9.17) is 4.84 Å². The lowest BCUT2D eigenvalue weighted by Crippen LogP contribution is -2.47. The normalized spacial score (nSPS) is 25.3. The third-order valence-corrected chi connectivity index (χ3v) is 6.39. The van der Waals surface area contributed by atoms with Crippen molar-refractivity contribution in [2.45, 2.75) is 31.2 Å². The summed E-state index contributed by atoms with van der Waals surface area (Å²) in [6.07, 6.45) is -0.475. The van der Waals surface area contributed by atoms with Crippen LogP contribution in [0.2, 0.25) is 0 Å². The fourth-order valence-corrected chi connectivity index (χ4v) is 4.99. The summed E-state index contributed by atoms with van der Waals surface area (Å²) < 4.78 is 98.6. The average molecular weight is 489 g/mol. The van der Waals surface area contributed by atoms with Gasteiger partial charge in [-0.05, 0) is 31.2 Å². The van der Waals surface area contributed by atoms with Crippen LogP contribution >= 0.6 is 0 Å². The van der Waals surface area contributed by atoms with Crippen molar-refractivity contribution in [2.75, 3.05) is 19.3 Å². The largest absolute Gasteiger partial charge is 0.386 e. The third-order valence-electron chi connectivity index (χ3n) is 5.68. The molecule has 12 heteroatoms. The molecule has 2 aliphatic rings. The second-order valence-corrected chi connectivity index (χ2v) is 10.1. The maximum absolute atomic E-state index is 15.0. The molecule has 6 nitrogen and oxygen atoms in total. The molecule has 0 aliphatic carbocycles. The van der Waals surface area contributed by atoms with Crippen molar-refractivity contribution in [1.82, 2.24) is 9.62 Å². The van der Waals surface area contributed by atoms with Crippen molar-refractivity contribution in [2.24, 2.45) is 5.16 Å². The second-order valence-electron chi connectivity index (χ2n) is 8.32. The number of hydrogen-bond donors (Lipinski definition) is 1. The van der Waals surface area contributed by atoms with Crippen LogP contribution in [0.15, 0.2) is 35.5 Å². The highest BCUT2D eigenvalue weighted by Crippen LogP contribution is 2.41. The van der Waals surface area contributed by atoms with Gasteiger partial charge in [0, 0.05) is 17.7 Å². The molecule has 1 N–H and O–H groups in total. The summed E-state index contributed by atoms with van der Waals surface area (Å²) in [5, 5.41) is 3.84. The number of sulfonamides is 1. The maximum Gasteiger partial charge on any atom is 0.209 e. The zero-order valence-corrected chi connectivity index (χ0v) is 18.4. The Morgan fingerprint density at radius 3 is 2.30 bits per heavy atom. The van der Waals surface area contributed by atoms with Crippen LogP contribution in [0, 0.1) is 23.3 Å². The number of hydrogen-bond acceptors (Lipinski definition) is 5. The standard InChI is InChI=1S/C21H20F5N3O3S/c1-21(26)10-29(9-16(21)28-33(2,30)31)17-8-15(32-27-17)19-13(24)6-7-14(25)20(19)18-11(22)4-3-5-12(18)23/h3-7,15-16,28H,8-10H2,1-2H3/t15-,16-,21+/m1/s1. The number of nitrogens with one attached hydrogen (secondary N) is 1. The van der Waals surface area contributed by atoms with Gasteiger partial charge in [0.2, 0.25) is 10.0 Å². The van der Waals surface area contributed by atoms with Crippen LogP contribution in [0.3, 0.4) is 0 Å². The molecule has 0 aromatic heterocycles. The first-order valence-electron chi connectivity index (χ1n) is 9.93. The fourth-order valence-electron chi connectivity index (χ4n) is 4.15. The summed E-state index contributed by atoms with van der Waals surface area (Å²) in [5.74, 6) is -4.00. The van der Waals surface area contributed by atoms with Crippen LogP contribution < -0.4 is 4.72 Å². The van der Waals surface area contributed by atoms with Crippen LogP contribution in [0.5, 0.6) is 0 Å². The maximum atomic E-state index is 15.0. The van der Waals surface area contributed by atoms with E-state index in [0.29, 0.717) is 0 Å². The van der Waals surface area contributed by atoms with Gasteiger partial charge in [-0.25, -0.2) is 35.1 Å². The predicted octanol–water partition coefficient (Wildman–Crippen LogP) is 3.65. The van der Waals surface area contributed by atoms with E-state index in [1.54, 1.807) is 0 Å². The molecule has 2 aliphatic heterocycles. The molecule has 0 spiro atoms. The lowest BCUT2D eigenvalue weighted by atomic mass is 9.93. The quantitative estimate of drug-likeness (QED) is 0.666. The summed E-state index contributed by atoms with van der Waals surface area (Å²) in [7, 11) is -3.68. The van der Waals surface area contributed by atoms with E-state index >= 15 is 0 Å². The Hall–Kier alpha value is -2.73. The van der Waals surface area contributed by atoms with Gasteiger partial charge in [0.05, 0.1) is 30.8 Å². The molecule has 178 valence electrons. The number of alkyl halides is 1. The lowest BCUT2D eigenvalue weighted by molar-refractivity contribution is 0.0829. The number of rotatable bonds is 4. The van der Waals surface area contributed by atoms with Crippen LogP contribution in [0.25, 0.3) is 11.1 Å². The first-order chi connectivity index (χ1) is 15.4. The van der Waals surface area contributed by atoms with Crippen LogP contribution in [-0.2, 0) is 14.9 Å². The second kappa shape index (κ2) is 8.24. The Bertz CT molecular complexity index is 1220. The molecule has 0 radical (unpaired) electrons. The Morgan fingerprint density at radius 2 is 1.67 bits per heavy atom. The van der Waals surface area contributed by atoms with Gasteiger partial charge in [-0.15, -0.1) is 0 Å². The molecular weight excluding hydrogens is 469 g/mol. The molecule has 2 heterocycles. The molecule has 4 rings (SSSR count). The molecule has 0 saturated carbocycles. The summed E-state index contributed by atoms with van der Waals surface area (Å²) in [4.78, 5) is 6.71. The average Bonchev–Trinajstić information content (AvgIpc) is 3.28. The van der Waals surface area contributed by atoms with E-state index in [9.17, 15) is 30.4 Å². The zero-order chi connectivity index (χ0) is 24.1. The molecule has 0 bridgehead atoms. The minimum absolute atomic E-state index is 0.0740. The summed E-state index contributed by atoms with van der Waals surface area (Å²) >= 11 is 0. The molecule has 2 aromatic carbocycles. The van der Waals surface area contributed by atoms with Crippen LogP contribution in [0.1, 0.15) is 25.0 Å². The van der Waals surface area contributed by atoms with Gasteiger partial charge in [0.1, 0.15) is 34.8 Å². The molecule has 33 heavy (non-hydrogen) atoms. The van der Waals surface area contributed by atoms with E-state index in [2.05, 4.69) is 9.88 Å². The van der Waals surface area contributed by atoms with E-state index in [1.807, 2.05) is 0 Å². The molecule has 3 atom stereocenters. The molecular formula is C21H20F5N3O3S. The first-order valence-corrected chi connectivity index (χ1v) is 11.8. The number of benzene rings is 2. The first kappa shape index (κ1) is 23.4. The lowest BCUT2D eigenvalue weighted by Gasteiger charge is -2.20. The highest BCUT2D eigenvalue weighted by molar-refractivity contribution is 7.88. The Kier molecular flexibility index (Phi) is 5.85. The number of amidine groups is 1. The van der Waals surface area contributed by atoms with Gasteiger partial charge in [-0.1, -0.05) is 11.2 Å². The molecule has 2 aromatic rings. The van der Waals surface area contributed by atoms with Crippen molar-refractivity contribution in [3.05, 3.63) is 59.2 Å². The SMILES string of the molecule is C[C@]1(F)CN(C2=NO[C@@H](c3c(F)ccc(F)c3-c3c(F)cccc3F)C2)C[C@H]1NS(C)(=O)=O. The van der Waals surface area contributed by atoms with E-state index in [0.717, 1.165) is 36.6 Å². The third kappa shape index (κ3) is 4.54. The van der Waals surface area contributed by atoms with Gasteiger partial charge in [0.25, 0.3) is 0 Å². The Labute approximate surface area is 187 Å². The minimum Gasteiger partial charge on any atom is -0.386 e. The number of halogens is 5. The van der Waals surface area contributed by atoms with Crippen molar-refractivity contribution in [1.29, 1.82) is 0 Å². The fraction of sp³-hybridized carbons (Fsp3) is 0.381. The van der Waals surface area contributed by atoms with Crippen LogP contribution in [0.4, 0.5) is 22.0 Å². The highest BCUT2D eigenvalue weighted by Gasteiger charge is 2.47. The predicted molar refractivity (Wildman–Crippen MR) is 110 cm³/mol. The van der Waals surface area contributed by atoms with Gasteiger partial charge >= 0.3 is 0 Å². The smallest absolute Gasteiger partial charge is 0.209 e. The summed E-state index contributed by atoms with van der Waals surface area (Å²) in [6, 6.07) is 3.45. The Morgan fingerprint density at radius 1 is 1.06 bits per heavy atom. The van der Waals surface area contributed by atoms with Crippen LogP contribution in [-0.4, -0.2) is 50.2 Å². The minimum atomic E-state index is -3.68. The zero-order valence-electron chi connectivity index (χ0n) is 17.6. The van der Waals surface area contributed by atoms with Gasteiger partial charge in [0.15, 0.2) is 6.10 Å². The van der Waals surface area contributed by atoms with E-state index in [1.165, 1.54) is 11.8 Å². The van der Waals surface area contributed by atoms with Crippen molar-refractivity contribution in [3.8, 4) is 11.1 Å². The highest BCUT2D eigenvalue weighted by atomic mass is 32.2. The van der Waals surface area contributed by atoms with Crippen molar-refractivity contribution < 1.29 is 35.2 Å². The molecule has 1 fully saturated rings. The number of likely N-dealkylation sites (tertiary alicyclic amines) is 1. The topological polar surface area (TPSA) is 71.0 Å². The number of nitrogens with zero attached hydrogens (tertiary/aromatic N) is 2. The van der Waals surface area contributed by atoms with E-state index < -0.39 is 67.8 Å². The molecule has 1 saturated heterocycles. The molecule has 0 unspecified atom stereocenters. The Balaban J connectivity index is 1.64. The number of oxime groups is 1. The van der Waals surface area contributed by atoms with Crippen molar-refractivity contribution >= 4 is 15.9 Å². The van der Waals surface area contributed by atoms with Gasteiger partial charge in [-0.3, -0.25) is 0 Å². The van der Waals surface area contributed by atoms with E-state index in [-0.39, 0.29) is 25.3 Å². The molecule has 0 amide bonds. The van der Waals surface area contributed by atoms with Gasteiger partial charge in [-0.2, -0.15) is 0 Å². The summed E-state index contributed by atoms with van der Waals surface area (Å²) in [6.45, 7) is 0.931.